The third-order valence-electron chi connectivity index (χ3n) is 6.16. The first-order valence-electron chi connectivity index (χ1n) is 10.5. The molecule has 0 aliphatic carbocycles. The lowest BCUT2D eigenvalue weighted by atomic mass is 9.90. The van der Waals surface area contributed by atoms with Gasteiger partial charge in [0, 0.05) is 32.4 Å². The van der Waals surface area contributed by atoms with Crippen LogP contribution in [0.15, 0.2) is 42.5 Å². The summed E-state index contributed by atoms with van der Waals surface area (Å²) in [5.74, 6) is 1.53. The van der Waals surface area contributed by atoms with Gasteiger partial charge in [0.15, 0.2) is 0 Å². The largest absolute Gasteiger partial charge is 0.496 e. The third kappa shape index (κ3) is 4.13. The van der Waals surface area contributed by atoms with Crippen LogP contribution in [0, 0.1) is 6.92 Å². The van der Waals surface area contributed by atoms with Crippen molar-refractivity contribution in [2.75, 3.05) is 26.7 Å². The van der Waals surface area contributed by atoms with Gasteiger partial charge in [0.2, 0.25) is 5.91 Å². The number of rotatable bonds is 4. The Hall–Kier alpha value is -3.02. The van der Waals surface area contributed by atoms with Gasteiger partial charge in [-0.1, -0.05) is 24.3 Å². The number of amides is 2. The average Bonchev–Trinajstić information content (AvgIpc) is 2.90. The number of hydrogen-bond donors (Lipinski definition) is 1. The van der Waals surface area contributed by atoms with Gasteiger partial charge in [-0.15, -0.1) is 0 Å². The fourth-order valence-electron chi connectivity index (χ4n) is 4.22. The number of piperidine rings is 1. The van der Waals surface area contributed by atoms with E-state index in [1.54, 1.807) is 13.2 Å². The molecule has 2 aromatic carbocycles. The monoisotopic (exact) mass is 408 g/mol. The number of methoxy groups -OCH3 is 1. The zero-order chi connectivity index (χ0) is 21.1. The van der Waals surface area contributed by atoms with Crippen molar-refractivity contribution in [1.82, 2.24) is 10.2 Å². The molecule has 0 bridgehead atoms. The van der Waals surface area contributed by atoms with Crippen LogP contribution < -0.4 is 14.8 Å². The summed E-state index contributed by atoms with van der Waals surface area (Å²) in [5.41, 5.74) is 2.31. The molecule has 0 radical (unpaired) electrons. The summed E-state index contributed by atoms with van der Waals surface area (Å²) in [6.45, 7) is 3.74. The van der Waals surface area contributed by atoms with Gasteiger partial charge in [-0.05, 0) is 42.7 Å². The van der Waals surface area contributed by atoms with Crippen molar-refractivity contribution < 1.29 is 19.1 Å². The topological polar surface area (TPSA) is 67.9 Å². The first kappa shape index (κ1) is 20.3. The van der Waals surface area contributed by atoms with Crippen molar-refractivity contribution in [3.8, 4) is 11.5 Å². The second kappa shape index (κ2) is 8.38. The molecule has 1 spiro atoms. The van der Waals surface area contributed by atoms with E-state index in [1.807, 2.05) is 42.2 Å². The lowest BCUT2D eigenvalue weighted by molar-refractivity contribution is -0.134. The summed E-state index contributed by atoms with van der Waals surface area (Å²) >= 11 is 0. The Morgan fingerprint density at radius 3 is 2.73 bits per heavy atom. The molecular formula is C24H28N2O4. The molecule has 2 aliphatic heterocycles. The lowest BCUT2D eigenvalue weighted by Crippen LogP contribution is -2.54. The molecule has 1 N–H and O–H groups in total. The maximum absolute atomic E-state index is 12.8. The van der Waals surface area contributed by atoms with Crippen LogP contribution in [-0.2, 0) is 11.2 Å². The van der Waals surface area contributed by atoms with E-state index in [4.69, 9.17) is 9.47 Å². The van der Waals surface area contributed by atoms with E-state index in [1.165, 1.54) is 0 Å². The molecule has 0 unspecified atom stereocenters. The Labute approximate surface area is 177 Å². The molecule has 1 fully saturated rings. The standard InChI is InChI=1S/C24H28N2O4/c1-17-7-8-18(15-21(17)29-2)9-10-22(27)26-13-11-24(12-14-26)16-25-23(28)19-5-3-4-6-20(19)30-24/h3-8,15H,9-14,16H2,1-2H3,(H,25,28). The number of fused-ring (bicyclic) bond motifs is 1. The van der Waals surface area contributed by atoms with Crippen LogP contribution in [0.4, 0.5) is 0 Å². The Kier molecular flexibility index (Phi) is 5.66. The van der Waals surface area contributed by atoms with Gasteiger partial charge in [0.25, 0.3) is 5.91 Å². The SMILES string of the molecule is COc1cc(CCC(=O)N2CCC3(CC2)CNC(=O)c2ccccc2O3)ccc1C. The predicted octanol–water partition coefficient (Wildman–Crippen LogP) is 3.12. The fourth-order valence-corrected chi connectivity index (χ4v) is 4.22. The maximum atomic E-state index is 12.8. The molecule has 2 heterocycles. The number of nitrogens with zero attached hydrogens (tertiary/aromatic N) is 1. The van der Waals surface area contributed by atoms with E-state index < -0.39 is 5.60 Å². The molecule has 6 heteroatoms. The highest BCUT2D eigenvalue weighted by molar-refractivity contribution is 5.97. The minimum Gasteiger partial charge on any atom is -0.496 e. The van der Waals surface area contributed by atoms with E-state index in [2.05, 4.69) is 11.4 Å². The van der Waals surface area contributed by atoms with Crippen molar-refractivity contribution in [3.05, 3.63) is 59.2 Å². The zero-order valence-electron chi connectivity index (χ0n) is 17.6. The van der Waals surface area contributed by atoms with E-state index in [0.717, 1.165) is 16.9 Å². The van der Waals surface area contributed by atoms with Crippen LogP contribution in [0.3, 0.4) is 0 Å². The van der Waals surface area contributed by atoms with Crippen molar-refractivity contribution in [2.24, 2.45) is 0 Å². The van der Waals surface area contributed by atoms with Crippen LogP contribution in [-0.4, -0.2) is 49.1 Å². The smallest absolute Gasteiger partial charge is 0.255 e. The number of nitrogens with one attached hydrogen (secondary N) is 1. The van der Waals surface area contributed by atoms with Crippen LogP contribution in [0.25, 0.3) is 0 Å². The quantitative estimate of drug-likeness (QED) is 0.844. The first-order chi connectivity index (χ1) is 14.5. The summed E-state index contributed by atoms with van der Waals surface area (Å²) in [5, 5.41) is 2.99. The molecule has 0 atom stereocenters. The zero-order valence-corrected chi connectivity index (χ0v) is 17.6. The molecule has 0 aromatic heterocycles. The van der Waals surface area contributed by atoms with E-state index in [-0.39, 0.29) is 11.8 Å². The minimum absolute atomic E-state index is 0.102. The van der Waals surface area contributed by atoms with Crippen molar-refractivity contribution in [1.29, 1.82) is 0 Å². The molecule has 158 valence electrons. The molecule has 2 aromatic rings. The Bertz CT molecular complexity index is 948. The normalized spacial score (nSPS) is 17.5. The minimum atomic E-state index is -0.455. The van der Waals surface area contributed by atoms with Crippen LogP contribution >= 0.6 is 0 Å². The highest BCUT2D eigenvalue weighted by atomic mass is 16.5. The molecular weight excluding hydrogens is 380 g/mol. The van der Waals surface area contributed by atoms with Gasteiger partial charge in [-0.25, -0.2) is 0 Å². The lowest BCUT2D eigenvalue weighted by Gasteiger charge is -2.41. The second-order valence-electron chi connectivity index (χ2n) is 8.15. The fraction of sp³-hybridized carbons (Fsp3) is 0.417. The molecule has 0 saturated carbocycles. The summed E-state index contributed by atoms with van der Waals surface area (Å²) in [4.78, 5) is 27.0. The van der Waals surface area contributed by atoms with Gasteiger partial charge in [-0.3, -0.25) is 9.59 Å². The van der Waals surface area contributed by atoms with Crippen LogP contribution in [0.1, 0.15) is 40.7 Å². The number of benzene rings is 2. The summed E-state index contributed by atoms with van der Waals surface area (Å²) in [6, 6.07) is 13.4. The summed E-state index contributed by atoms with van der Waals surface area (Å²) in [6.07, 6.45) is 2.56. The van der Waals surface area contributed by atoms with E-state index >= 15 is 0 Å². The van der Waals surface area contributed by atoms with Crippen molar-refractivity contribution >= 4 is 11.8 Å². The second-order valence-corrected chi connectivity index (χ2v) is 8.15. The van der Waals surface area contributed by atoms with Crippen LogP contribution in [0.5, 0.6) is 11.5 Å². The third-order valence-corrected chi connectivity index (χ3v) is 6.16. The van der Waals surface area contributed by atoms with Gasteiger partial charge >= 0.3 is 0 Å². The van der Waals surface area contributed by atoms with Crippen molar-refractivity contribution in [2.45, 2.75) is 38.2 Å². The molecule has 4 rings (SSSR count). The molecule has 2 aliphatic rings. The number of ether oxygens (including phenoxy) is 2. The highest BCUT2D eigenvalue weighted by Gasteiger charge is 2.40. The van der Waals surface area contributed by atoms with Crippen LogP contribution in [0.2, 0.25) is 0 Å². The number of likely N-dealkylation sites (tertiary alicyclic amines) is 1. The van der Waals surface area contributed by atoms with Crippen molar-refractivity contribution in [3.63, 3.8) is 0 Å². The first-order valence-corrected chi connectivity index (χ1v) is 10.5. The molecule has 1 saturated heterocycles. The summed E-state index contributed by atoms with van der Waals surface area (Å²) in [7, 11) is 1.66. The average molecular weight is 408 g/mol. The number of para-hydroxylation sites is 1. The van der Waals surface area contributed by atoms with Gasteiger partial charge in [-0.2, -0.15) is 0 Å². The van der Waals surface area contributed by atoms with E-state index in [9.17, 15) is 9.59 Å². The van der Waals surface area contributed by atoms with E-state index in [0.29, 0.717) is 56.6 Å². The number of aryl methyl sites for hydroxylation is 2. The Morgan fingerprint density at radius 2 is 1.97 bits per heavy atom. The number of carbonyl (C=O) groups excluding carboxylic acids is 2. The van der Waals surface area contributed by atoms with Gasteiger partial charge in [0.05, 0.1) is 19.2 Å². The summed E-state index contributed by atoms with van der Waals surface area (Å²) < 4.78 is 11.7. The molecule has 2 amide bonds. The number of hydrogen-bond acceptors (Lipinski definition) is 4. The number of carbonyl (C=O) groups is 2. The van der Waals surface area contributed by atoms with Gasteiger partial charge < -0.3 is 19.7 Å². The Balaban J connectivity index is 1.35. The predicted molar refractivity (Wildman–Crippen MR) is 114 cm³/mol. The van der Waals surface area contributed by atoms with Gasteiger partial charge in [0.1, 0.15) is 17.1 Å². The molecule has 6 nitrogen and oxygen atoms in total. The highest BCUT2D eigenvalue weighted by Crippen LogP contribution is 2.33. The maximum Gasteiger partial charge on any atom is 0.255 e. The molecule has 30 heavy (non-hydrogen) atoms. The Morgan fingerprint density at radius 1 is 1.20 bits per heavy atom.